The average Bonchev–Trinajstić information content (AvgIpc) is 2.74. The molecular formula is C13H19N3O3S. The van der Waals surface area contributed by atoms with Gasteiger partial charge in [0, 0.05) is 31.2 Å². The molecule has 7 heteroatoms. The Morgan fingerprint density at radius 2 is 2.20 bits per heavy atom. The van der Waals surface area contributed by atoms with Crippen LogP contribution in [-0.2, 0) is 14.8 Å². The maximum Gasteiger partial charge on any atom is 0.240 e. The van der Waals surface area contributed by atoms with Crippen molar-refractivity contribution in [1.82, 2.24) is 9.62 Å². The summed E-state index contributed by atoms with van der Waals surface area (Å²) in [7, 11) is -3.61. The van der Waals surface area contributed by atoms with E-state index in [1.54, 1.807) is 24.0 Å². The molecule has 2 rings (SSSR count). The van der Waals surface area contributed by atoms with Crippen molar-refractivity contribution in [2.24, 2.45) is 0 Å². The topological polar surface area (TPSA) is 92.5 Å². The van der Waals surface area contributed by atoms with E-state index in [1.165, 1.54) is 12.1 Å². The maximum atomic E-state index is 12.2. The number of carbonyl (C=O) groups excluding carboxylic acids is 1. The highest BCUT2D eigenvalue weighted by atomic mass is 32.2. The van der Waals surface area contributed by atoms with Crippen LogP contribution >= 0.6 is 0 Å². The lowest BCUT2D eigenvalue weighted by atomic mass is 10.3. The number of nitrogen functional groups attached to an aromatic ring is 1. The Morgan fingerprint density at radius 1 is 1.45 bits per heavy atom. The number of hydrogen-bond donors (Lipinski definition) is 2. The van der Waals surface area contributed by atoms with Crippen molar-refractivity contribution in [3.05, 3.63) is 24.3 Å². The van der Waals surface area contributed by atoms with Gasteiger partial charge in [-0.25, -0.2) is 13.1 Å². The van der Waals surface area contributed by atoms with Gasteiger partial charge in [-0.1, -0.05) is 6.07 Å². The molecule has 110 valence electrons. The van der Waals surface area contributed by atoms with Crippen LogP contribution in [0.1, 0.15) is 19.8 Å². The number of nitrogens with one attached hydrogen (secondary N) is 1. The molecule has 1 aromatic rings. The van der Waals surface area contributed by atoms with Crippen molar-refractivity contribution in [2.75, 3.05) is 18.8 Å². The summed E-state index contributed by atoms with van der Waals surface area (Å²) < 4.78 is 26.9. The zero-order valence-electron chi connectivity index (χ0n) is 11.4. The quantitative estimate of drug-likeness (QED) is 0.777. The lowest BCUT2D eigenvalue weighted by Crippen LogP contribution is -2.42. The van der Waals surface area contributed by atoms with Crippen LogP contribution in [-0.4, -0.2) is 38.4 Å². The summed E-state index contributed by atoms with van der Waals surface area (Å²) in [5.41, 5.74) is 5.99. The fraction of sp³-hybridized carbons (Fsp3) is 0.462. The van der Waals surface area contributed by atoms with Crippen molar-refractivity contribution in [3.63, 3.8) is 0 Å². The van der Waals surface area contributed by atoms with Crippen LogP contribution in [0.15, 0.2) is 29.2 Å². The second-order valence-electron chi connectivity index (χ2n) is 5.04. The monoisotopic (exact) mass is 297 g/mol. The van der Waals surface area contributed by atoms with E-state index in [4.69, 9.17) is 5.73 Å². The van der Waals surface area contributed by atoms with Gasteiger partial charge in [0.05, 0.1) is 4.90 Å². The molecule has 0 saturated carbocycles. The first kappa shape index (κ1) is 14.8. The van der Waals surface area contributed by atoms with Gasteiger partial charge in [-0.05, 0) is 31.5 Å². The smallest absolute Gasteiger partial charge is 0.240 e. The molecule has 1 fully saturated rings. The predicted molar refractivity (Wildman–Crippen MR) is 76.5 cm³/mol. The predicted octanol–water partition coefficient (Wildman–Crippen LogP) is 0.558. The van der Waals surface area contributed by atoms with Gasteiger partial charge < -0.3 is 10.6 Å². The molecule has 1 heterocycles. The standard InChI is InChI=1S/C13H19N3O3S/c1-10(9-16-7-3-6-13(16)17)15-20(18,19)12-5-2-4-11(14)8-12/h2,4-5,8,10,15H,3,6-7,9,14H2,1H3. The van der Waals surface area contributed by atoms with Gasteiger partial charge in [-0.2, -0.15) is 0 Å². The van der Waals surface area contributed by atoms with Gasteiger partial charge in [0.1, 0.15) is 0 Å². The number of sulfonamides is 1. The number of nitrogens with two attached hydrogens (primary N) is 1. The Bertz CT molecular complexity index is 601. The number of carbonyl (C=O) groups is 1. The molecule has 1 aliphatic rings. The molecule has 1 amide bonds. The van der Waals surface area contributed by atoms with Gasteiger partial charge in [-0.15, -0.1) is 0 Å². The van der Waals surface area contributed by atoms with Crippen LogP contribution in [0.5, 0.6) is 0 Å². The molecule has 1 atom stereocenters. The first-order chi connectivity index (χ1) is 9.38. The summed E-state index contributed by atoms with van der Waals surface area (Å²) in [5.74, 6) is 0.0833. The first-order valence-electron chi connectivity index (χ1n) is 6.54. The minimum absolute atomic E-state index is 0.0833. The third-order valence-corrected chi connectivity index (χ3v) is 4.78. The molecule has 0 aromatic heterocycles. The van der Waals surface area contributed by atoms with Crippen molar-refractivity contribution >= 4 is 21.6 Å². The van der Waals surface area contributed by atoms with Gasteiger partial charge in [-0.3, -0.25) is 4.79 Å². The summed E-state index contributed by atoms with van der Waals surface area (Å²) in [6, 6.07) is 5.79. The van der Waals surface area contributed by atoms with E-state index < -0.39 is 10.0 Å². The number of nitrogens with zero attached hydrogens (tertiary/aromatic N) is 1. The molecule has 1 aromatic carbocycles. The average molecular weight is 297 g/mol. The van der Waals surface area contributed by atoms with Crippen LogP contribution in [0.25, 0.3) is 0 Å². The second kappa shape index (κ2) is 5.80. The Balaban J connectivity index is 2.02. The van der Waals surface area contributed by atoms with Gasteiger partial charge >= 0.3 is 0 Å². The normalized spacial score (nSPS) is 17.4. The highest BCUT2D eigenvalue weighted by Gasteiger charge is 2.24. The van der Waals surface area contributed by atoms with Crippen LogP contribution in [0, 0.1) is 0 Å². The minimum Gasteiger partial charge on any atom is -0.399 e. The van der Waals surface area contributed by atoms with Crippen LogP contribution in [0.2, 0.25) is 0 Å². The molecule has 3 N–H and O–H groups in total. The number of amides is 1. The molecular weight excluding hydrogens is 278 g/mol. The molecule has 0 aliphatic carbocycles. The van der Waals surface area contributed by atoms with Gasteiger partial charge in [0.15, 0.2) is 0 Å². The third-order valence-electron chi connectivity index (χ3n) is 3.19. The van der Waals surface area contributed by atoms with E-state index in [1.807, 2.05) is 0 Å². The highest BCUT2D eigenvalue weighted by Crippen LogP contribution is 2.14. The van der Waals surface area contributed by atoms with Gasteiger partial charge in [0.25, 0.3) is 0 Å². The Hall–Kier alpha value is -1.60. The van der Waals surface area contributed by atoms with Crippen molar-refractivity contribution < 1.29 is 13.2 Å². The third kappa shape index (κ3) is 3.49. The van der Waals surface area contributed by atoms with Crippen LogP contribution < -0.4 is 10.5 Å². The largest absolute Gasteiger partial charge is 0.399 e. The number of hydrogen-bond acceptors (Lipinski definition) is 4. The number of rotatable bonds is 5. The lowest BCUT2D eigenvalue weighted by molar-refractivity contribution is -0.127. The summed E-state index contributed by atoms with van der Waals surface area (Å²) in [6.07, 6.45) is 1.39. The van der Waals surface area contributed by atoms with Gasteiger partial charge in [0.2, 0.25) is 15.9 Å². The van der Waals surface area contributed by atoms with Crippen molar-refractivity contribution in [2.45, 2.75) is 30.7 Å². The molecule has 0 bridgehead atoms. The second-order valence-corrected chi connectivity index (χ2v) is 6.75. The zero-order valence-corrected chi connectivity index (χ0v) is 12.2. The summed E-state index contributed by atoms with van der Waals surface area (Å²) in [6.45, 7) is 2.83. The molecule has 20 heavy (non-hydrogen) atoms. The molecule has 6 nitrogen and oxygen atoms in total. The Morgan fingerprint density at radius 3 is 2.80 bits per heavy atom. The van der Waals surface area contributed by atoms with E-state index in [0.29, 0.717) is 25.2 Å². The summed E-state index contributed by atoms with van der Waals surface area (Å²) >= 11 is 0. The molecule has 0 spiro atoms. The first-order valence-corrected chi connectivity index (χ1v) is 8.02. The molecule has 1 aliphatic heterocycles. The molecule has 0 radical (unpaired) electrons. The van der Waals surface area contributed by atoms with E-state index in [-0.39, 0.29) is 16.8 Å². The SMILES string of the molecule is CC(CN1CCCC1=O)NS(=O)(=O)c1cccc(N)c1. The zero-order chi connectivity index (χ0) is 14.8. The van der Waals surface area contributed by atoms with E-state index >= 15 is 0 Å². The number of benzene rings is 1. The summed E-state index contributed by atoms with van der Waals surface area (Å²) in [5, 5.41) is 0. The minimum atomic E-state index is -3.61. The number of anilines is 1. The summed E-state index contributed by atoms with van der Waals surface area (Å²) in [4.78, 5) is 13.3. The van der Waals surface area contributed by atoms with E-state index in [0.717, 1.165) is 6.42 Å². The maximum absolute atomic E-state index is 12.2. The van der Waals surface area contributed by atoms with Crippen LogP contribution in [0.3, 0.4) is 0 Å². The number of likely N-dealkylation sites (tertiary alicyclic amines) is 1. The van der Waals surface area contributed by atoms with E-state index in [2.05, 4.69) is 4.72 Å². The lowest BCUT2D eigenvalue weighted by Gasteiger charge is -2.21. The molecule has 1 saturated heterocycles. The van der Waals surface area contributed by atoms with Crippen LogP contribution in [0.4, 0.5) is 5.69 Å². The fourth-order valence-electron chi connectivity index (χ4n) is 2.28. The van der Waals surface area contributed by atoms with Crippen molar-refractivity contribution in [3.8, 4) is 0 Å². The van der Waals surface area contributed by atoms with E-state index in [9.17, 15) is 13.2 Å². The Labute approximate surface area is 119 Å². The van der Waals surface area contributed by atoms with Crippen molar-refractivity contribution in [1.29, 1.82) is 0 Å². The highest BCUT2D eigenvalue weighted by molar-refractivity contribution is 7.89. The molecule has 1 unspecified atom stereocenters. The fourth-order valence-corrected chi connectivity index (χ4v) is 3.57. The Kier molecular flexibility index (Phi) is 4.29.